The lowest BCUT2D eigenvalue weighted by Crippen LogP contribution is -2.53. The third-order valence-corrected chi connectivity index (χ3v) is 7.82. The highest BCUT2D eigenvalue weighted by Crippen LogP contribution is 2.44. The van der Waals surface area contributed by atoms with Crippen molar-refractivity contribution in [1.29, 1.82) is 0 Å². The molecular formula is C27H36N2O4S2. The van der Waals surface area contributed by atoms with E-state index < -0.39 is 12.1 Å². The van der Waals surface area contributed by atoms with Gasteiger partial charge in [0.25, 0.3) is 0 Å². The fourth-order valence-electron chi connectivity index (χ4n) is 4.13. The van der Waals surface area contributed by atoms with Crippen LogP contribution in [0.5, 0.6) is 0 Å². The summed E-state index contributed by atoms with van der Waals surface area (Å²) in [6.07, 6.45) is 1.39. The van der Waals surface area contributed by atoms with Crippen LogP contribution in [0.4, 0.5) is 4.79 Å². The van der Waals surface area contributed by atoms with E-state index in [-0.39, 0.29) is 29.2 Å². The van der Waals surface area contributed by atoms with Crippen molar-refractivity contribution in [3.63, 3.8) is 0 Å². The summed E-state index contributed by atoms with van der Waals surface area (Å²) in [5.41, 5.74) is 4.65. The summed E-state index contributed by atoms with van der Waals surface area (Å²) < 4.78 is 10.9. The van der Waals surface area contributed by atoms with E-state index >= 15 is 0 Å². The summed E-state index contributed by atoms with van der Waals surface area (Å²) in [5.74, 6) is 0.908. The number of hydrogen-bond acceptors (Lipinski definition) is 6. The van der Waals surface area contributed by atoms with Crippen LogP contribution in [0.25, 0.3) is 11.1 Å². The van der Waals surface area contributed by atoms with Gasteiger partial charge in [0.1, 0.15) is 12.6 Å². The molecular weight excluding hydrogens is 480 g/mol. The Morgan fingerprint density at radius 2 is 1.57 bits per heavy atom. The van der Waals surface area contributed by atoms with Gasteiger partial charge in [-0.1, -0.05) is 69.3 Å². The Morgan fingerprint density at radius 3 is 2.11 bits per heavy atom. The Morgan fingerprint density at radius 1 is 0.971 bits per heavy atom. The largest absolute Gasteiger partial charge is 0.449 e. The predicted octanol–water partition coefficient (Wildman–Crippen LogP) is 4.92. The molecule has 0 radical (unpaired) electrons. The van der Waals surface area contributed by atoms with Gasteiger partial charge in [-0.2, -0.15) is 23.5 Å². The molecule has 0 heterocycles. The van der Waals surface area contributed by atoms with E-state index in [0.29, 0.717) is 12.4 Å². The summed E-state index contributed by atoms with van der Waals surface area (Å²) in [6, 6.07) is 15.6. The molecule has 8 heteroatoms. The minimum absolute atomic E-state index is 0.0305. The fourth-order valence-corrected chi connectivity index (χ4v) is 5.62. The second kappa shape index (κ2) is 12.7. The minimum Gasteiger partial charge on any atom is -0.449 e. The molecule has 3 rings (SSSR count). The number of amides is 2. The average molecular weight is 517 g/mol. The highest BCUT2D eigenvalue weighted by molar-refractivity contribution is 8.00. The number of carbonyl (C=O) groups is 2. The SMILES string of the molecule is COC[C@H](CSC)NC(=O)[C@H](CSC(C)(C)C)NC(=O)OCC1c2ccccc2-c2ccccc21. The molecule has 2 amide bonds. The van der Waals surface area contributed by atoms with Crippen molar-refractivity contribution >= 4 is 35.5 Å². The molecule has 0 fully saturated rings. The van der Waals surface area contributed by atoms with Crippen molar-refractivity contribution < 1.29 is 19.1 Å². The van der Waals surface area contributed by atoms with Gasteiger partial charge in [0, 0.05) is 29.3 Å². The van der Waals surface area contributed by atoms with Gasteiger partial charge in [0.2, 0.25) is 5.91 Å². The summed E-state index contributed by atoms with van der Waals surface area (Å²) in [5, 5.41) is 5.82. The molecule has 190 valence electrons. The molecule has 1 aliphatic carbocycles. The van der Waals surface area contributed by atoms with Gasteiger partial charge in [-0.25, -0.2) is 4.79 Å². The lowest BCUT2D eigenvalue weighted by Gasteiger charge is -2.25. The number of thioether (sulfide) groups is 2. The first-order chi connectivity index (χ1) is 16.7. The number of carbonyl (C=O) groups excluding carboxylic acids is 2. The molecule has 2 aromatic rings. The Labute approximate surface area is 217 Å². The number of nitrogens with one attached hydrogen (secondary N) is 2. The van der Waals surface area contributed by atoms with Gasteiger partial charge in [0.15, 0.2) is 0 Å². The van der Waals surface area contributed by atoms with E-state index in [1.54, 1.807) is 30.6 Å². The van der Waals surface area contributed by atoms with Crippen LogP contribution in [0, 0.1) is 0 Å². The maximum absolute atomic E-state index is 13.1. The summed E-state index contributed by atoms with van der Waals surface area (Å²) in [6.45, 7) is 6.88. The smallest absolute Gasteiger partial charge is 0.407 e. The molecule has 0 saturated heterocycles. The third-order valence-electron chi connectivity index (χ3n) is 5.72. The summed E-state index contributed by atoms with van der Waals surface area (Å²) in [7, 11) is 1.61. The predicted molar refractivity (Wildman–Crippen MR) is 146 cm³/mol. The van der Waals surface area contributed by atoms with E-state index in [9.17, 15) is 9.59 Å². The topological polar surface area (TPSA) is 76.7 Å². The molecule has 1 aliphatic rings. The molecule has 2 N–H and O–H groups in total. The van der Waals surface area contributed by atoms with Crippen LogP contribution in [0.3, 0.4) is 0 Å². The fraction of sp³-hybridized carbons (Fsp3) is 0.481. The van der Waals surface area contributed by atoms with Gasteiger partial charge < -0.3 is 20.1 Å². The van der Waals surface area contributed by atoms with Crippen molar-refractivity contribution in [1.82, 2.24) is 10.6 Å². The number of fused-ring (bicyclic) bond motifs is 3. The zero-order chi connectivity index (χ0) is 25.4. The van der Waals surface area contributed by atoms with Gasteiger partial charge in [0.05, 0.1) is 12.6 Å². The van der Waals surface area contributed by atoms with Crippen LogP contribution < -0.4 is 10.6 Å². The lowest BCUT2D eigenvalue weighted by atomic mass is 9.98. The van der Waals surface area contributed by atoms with Crippen LogP contribution in [-0.4, -0.2) is 66.9 Å². The first kappa shape index (κ1) is 27.4. The quantitative estimate of drug-likeness (QED) is 0.442. The normalized spacial score (nSPS) is 14.5. The zero-order valence-electron chi connectivity index (χ0n) is 21.1. The molecule has 0 aromatic heterocycles. The molecule has 0 aliphatic heterocycles. The number of ether oxygens (including phenoxy) is 2. The van der Waals surface area contributed by atoms with Crippen LogP contribution in [0.2, 0.25) is 0 Å². The zero-order valence-corrected chi connectivity index (χ0v) is 22.8. The van der Waals surface area contributed by atoms with E-state index in [1.807, 2.05) is 30.5 Å². The molecule has 0 bridgehead atoms. The molecule has 2 aromatic carbocycles. The number of hydrogen-bond donors (Lipinski definition) is 2. The number of rotatable bonds is 11. The second-order valence-electron chi connectivity index (χ2n) is 9.56. The Bertz CT molecular complexity index is 957. The molecule has 2 atom stereocenters. The van der Waals surface area contributed by atoms with Gasteiger partial charge in [-0.15, -0.1) is 0 Å². The highest BCUT2D eigenvalue weighted by atomic mass is 32.2. The Hall–Kier alpha value is -2.16. The maximum Gasteiger partial charge on any atom is 0.407 e. The van der Waals surface area contributed by atoms with Crippen molar-refractivity contribution in [2.45, 2.75) is 43.5 Å². The van der Waals surface area contributed by atoms with Crippen molar-refractivity contribution in [2.75, 3.05) is 38.1 Å². The van der Waals surface area contributed by atoms with E-state index in [0.717, 1.165) is 16.9 Å². The van der Waals surface area contributed by atoms with E-state index in [4.69, 9.17) is 9.47 Å². The average Bonchev–Trinajstić information content (AvgIpc) is 3.14. The molecule has 0 spiro atoms. The van der Waals surface area contributed by atoms with Crippen LogP contribution in [-0.2, 0) is 14.3 Å². The van der Waals surface area contributed by atoms with Gasteiger partial charge in [-0.3, -0.25) is 4.79 Å². The number of methoxy groups -OCH3 is 1. The molecule has 0 saturated carbocycles. The minimum atomic E-state index is -0.712. The Kier molecular flexibility index (Phi) is 9.95. The molecule has 0 unspecified atom stereocenters. The molecule has 35 heavy (non-hydrogen) atoms. The van der Waals surface area contributed by atoms with Crippen molar-refractivity contribution in [3.05, 3.63) is 59.7 Å². The Balaban J connectivity index is 1.66. The molecule has 6 nitrogen and oxygen atoms in total. The first-order valence-electron chi connectivity index (χ1n) is 11.8. The van der Waals surface area contributed by atoms with Crippen molar-refractivity contribution in [2.24, 2.45) is 0 Å². The number of benzene rings is 2. The third kappa shape index (κ3) is 7.66. The second-order valence-corrected chi connectivity index (χ2v) is 12.3. The summed E-state index contributed by atoms with van der Waals surface area (Å²) >= 11 is 3.26. The van der Waals surface area contributed by atoms with Crippen LogP contribution in [0.1, 0.15) is 37.8 Å². The van der Waals surface area contributed by atoms with Crippen molar-refractivity contribution in [3.8, 4) is 11.1 Å². The van der Waals surface area contributed by atoms with Crippen LogP contribution >= 0.6 is 23.5 Å². The number of alkyl carbamates (subject to hydrolysis) is 1. The van der Waals surface area contributed by atoms with E-state index in [1.165, 1.54) is 11.1 Å². The summed E-state index contributed by atoms with van der Waals surface area (Å²) in [4.78, 5) is 25.9. The highest BCUT2D eigenvalue weighted by Gasteiger charge is 2.30. The first-order valence-corrected chi connectivity index (χ1v) is 14.1. The van der Waals surface area contributed by atoms with E-state index in [2.05, 4.69) is 55.7 Å². The van der Waals surface area contributed by atoms with Gasteiger partial charge >= 0.3 is 6.09 Å². The van der Waals surface area contributed by atoms with Gasteiger partial charge in [-0.05, 0) is 28.5 Å². The standard InChI is InChI=1S/C27H36N2O4S2/c1-27(2,3)35-17-24(25(30)28-18(14-32-4)16-34-5)29-26(31)33-15-23-21-12-8-6-10-19(21)20-11-7-9-13-22(20)23/h6-13,18,23-24H,14-17H2,1-5H3,(H,28,30)(H,29,31)/t18-,24+/m1/s1. The maximum atomic E-state index is 13.1. The monoisotopic (exact) mass is 516 g/mol. The van der Waals surface area contributed by atoms with Crippen LogP contribution in [0.15, 0.2) is 48.5 Å². The lowest BCUT2D eigenvalue weighted by molar-refractivity contribution is -0.123.